The SMILES string of the molecule is CC(=O)N1CCOC(CC=O)(c2ccc(Cl)c(Cl)c2)C1. The number of benzene rings is 1. The fourth-order valence-corrected chi connectivity index (χ4v) is 2.68. The Morgan fingerprint density at radius 1 is 1.45 bits per heavy atom. The summed E-state index contributed by atoms with van der Waals surface area (Å²) in [5, 5.41) is 0.842. The highest BCUT2D eigenvalue weighted by Gasteiger charge is 2.39. The number of rotatable bonds is 3. The molecule has 1 atom stereocenters. The summed E-state index contributed by atoms with van der Waals surface area (Å²) >= 11 is 12.0. The maximum atomic E-state index is 11.6. The minimum Gasteiger partial charge on any atom is -0.366 e. The standard InChI is InChI=1S/C14H15Cl2NO3/c1-10(19)17-5-7-20-14(9-17,4-6-18)11-2-3-12(15)13(16)8-11/h2-3,6,8H,4-5,7,9H2,1H3. The predicted octanol–water partition coefficient (Wildman–Crippen LogP) is 2.66. The Morgan fingerprint density at radius 2 is 2.20 bits per heavy atom. The predicted molar refractivity (Wildman–Crippen MR) is 77.0 cm³/mol. The van der Waals surface area contributed by atoms with Crippen LogP contribution in [0.2, 0.25) is 10.0 Å². The van der Waals surface area contributed by atoms with Crippen molar-refractivity contribution in [3.8, 4) is 0 Å². The molecule has 0 aromatic heterocycles. The molecule has 108 valence electrons. The molecule has 1 fully saturated rings. The number of ether oxygens (including phenoxy) is 1. The van der Waals surface area contributed by atoms with Gasteiger partial charge in [-0.25, -0.2) is 0 Å². The van der Waals surface area contributed by atoms with E-state index in [4.69, 9.17) is 27.9 Å². The lowest BCUT2D eigenvalue weighted by molar-refractivity contribution is -0.154. The van der Waals surface area contributed by atoms with Crippen LogP contribution in [0.4, 0.5) is 0 Å². The molecule has 4 nitrogen and oxygen atoms in total. The molecule has 1 aliphatic rings. The molecular weight excluding hydrogens is 301 g/mol. The van der Waals surface area contributed by atoms with Gasteiger partial charge in [-0.15, -0.1) is 0 Å². The summed E-state index contributed by atoms with van der Waals surface area (Å²) in [6.45, 7) is 2.75. The van der Waals surface area contributed by atoms with Gasteiger partial charge in [0.05, 0.1) is 23.2 Å². The van der Waals surface area contributed by atoms with E-state index in [1.807, 2.05) is 0 Å². The monoisotopic (exact) mass is 315 g/mol. The van der Waals surface area contributed by atoms with E-state index < -0.39 is 5.60 Å². The molecule has 20 heavy (non-hydrogen) atoms. The van der Waals surface area contributed by atoms with Gasteiger partial charge >= 0.3 is 0 Å². The largest absolute Gasteiger partial charge is 0.366 e. The number of halogens is 2. The Bertz CT molecular complexity index is 535. The van der Waals surface area contributed by atoms with Crippen molar-refractivity contribution in [1.29, 1.82) is 0 Å². The van der Waals surface area contributed by atoms with Gasteiger partial charge in [0.15, 0.2) is 0 Å². The summed E-state index contributed by atoms with van der Waals surface area (Å²) in [4.78, 5) is 24.3. The van der Waals surface area contributed by atoms with Crippen molar-refractivity contribution >= 4 is 35.4 Å². The van der Waals surface area contributed by atoms with Gasteiger partial charge < -0.3 is 14.4 Å². The topological polar surface area (TPSA) is 46.6 Å². The Labute approximate surface area is 127 Å². The van der Waals surface area contributed by atoms with Crippen molar-refractivity contribution in [3.63, 3.8) is 0 Å². The van der Waals surface area contributed by atoms with Gasteiger partial charge in [0.1, 0.15) is 11.9 Å². The molecule has 1 aromatic rings. The first-order valence-electron chi connectivity index (χ1n) is 6.27. The number of nitrogens with zero attached hydrogens (tertiary/aromatic N) is 1. The van der Waals surface area contributed by atoms with Crippen LogP contribution in [-0.4, -0.2) is 36.8 Å². The summed E-state index contributed by atoms with van der Waals surface area (Å²) < 4.78 is 5.84. The van der Waals surface area contributed by atoms with E-state index >= 15 is 0 Å². The summed E-state index contributed by atoms with van der Waals surface area (Å²) in [7, 11) is 0. The van der Waals surface area contributed by atoms with Gasteiger partial charge in [-0.3, -0.25) is 4.79 Å². The molecule has 0 saturated carbocycles. The van der Waals surface area contributed by atoms with E-state index in [1.54, 1.807) is 23.1 Å². The average molecular weight is 316 g/mol. The van der Waals surface area contributed by atoms with E-state index in [-0.39, 0.29) is 12.3 Å². The second-order valence-corrected chi connectivity index (χ2v) is 5.60. The fourth-order valence-electron chi connectivity index (χ4n) is 2.38. The van der Waals surface area contributed by atoms with Crippen LogP contribution in [0.3, 0.4) is 0 Å². The van der Waals surface area contributed by atoms with Crippen LogP contribution in [0.5, 0.6) is 0 Å². The third-order valence-electron chi connectivity index (χ3n) is 3.49. The second-order valence-electron chi connectivity index (χ2n) is 4.78. The third-order valence-corrected chi connectivity index (χ3v) is 4.23. The van der Waals surface area contributed by atoms with Crippen LogP contribution >= 0.6 is 23.2 Å². The summed E-state index contributed by atoms with van der Waals surface area (Å²) in [6.07, 6.45) is 0.959. The van der Waals surface area contributed by atoms with Gasteiger partial charge in [-0.2, -0.15) is 0 Å². The Balaban J connectivity index is 2.40. The van der Waals surface area contributed by atoms with Gasteiger partial charge in [0.25, 0.3) is 0 Å². The van der Waals surface area contributed by atoms with Crippen LogP contribution in [0.1, 0.15) is 18.9 Å². The summed E-state index contributed by atoms with van der Waals surface area (Å²) in [6, 6.07) is 5.14. The lowest BCUT2D eigenvalue weighted by Crippen LogP contribution is -2.51. The van der Waals surface area contributed by atoms with Crippen LogP contribution < -0.4 is 0 Å². The lowest BCUT2D eigenvalue weighted by Gasteiger charge is -2.42. The zero-order chi connectivity index (χ0) is 14.8. The number of aldehydes is 1. The third kappa shape index (κ3) is 2.97. The first-order chi connectivity index (χ1) is 9.48. The Kier molecular flexibility index (Phi) is 4.68. The van der Waals surface area contributed by atoms with Crippen molar-refractivity contribution in [2.75, 3.05) is 19.7 Å². The Hall–Kier alpha value is -1.10. The fraction of sp³-hybridized carbons (Fsp3) is 0.429. The summed E-state index contributed by atoms with van der Waals surface area (Å²) in [5.74, 6) is -0.0383. The number of hydrogen-bond acceptors (Lipinski definition) is 3. The van der Waals surface area contributed by atoms with Crippen LogP contribution in [0.15, 0.2) is 18.2 Å². The molecule has 1 heterocycles. The molecule has 0 N–H and O–H groups in total. The molecule has 1 aliphatic heterocycles. The minimum absolute atomic E-state index is 0.0383. The number of carbonyl (C=O) groups is 2. The van der Waals surface area contributed by atoms with Crippen molar-refractivity contribution in [2.45, 2.75) is 18.9 Å². The smallest absolute Gasteiger partial charge is 0.219 e. The normalized spacial score (nSPS) is 22.6. The van der Waals surface area contributed by atoms with E-state index in [1.165, 1.54) is 6.92 Å². The molecule has 0 aliphatic carbocycles. The molecule has 0 radical (unpaired) electrons. The lowest BCUT2D eigenvalue weighted by atomic mass is 9.89. The van der Waals surface area contributed by atoms with Crippen molar-refractivity contribution in [1.82, 2.24) is 4.90 Å². The van der Waals surface area contributed by atoms with Gasteiger partial charge in [0.2, 0.25) is 5.91 Å². The quantitative estimate of drug-likeness (QED) is 0.806. The zero-order valence-corrected chi connectivity index (χ0v) is 12.6. The number of hydrogen-bond donors (Lipinski definition) is 0. The second kappa shape index (κ2) is 6.12. The number of morpholine rings is 1. The molecule has 2 rings (SSSR count). The molecule has 0 bridgehead atoms. The van der Waals surface area contributed by atoms with Crippen molar-refractivity contribution < 1.29 is 14.3 Å². The van der Waals surface area contributed by atoms with Gasteiger partial charge in [-0.1, -0.05) is 29.3 Å². The van der Waals surface area contributed by atoms with E-state index in [2.05, 4.69) is 0 Å². The maximum absolute atomic E-state index is 11.6. The van der Waals surface area contributed by atoms with Gasteiger partial charge in [-0.05, 0) is 17.7 Å². The highest BCUT2D eigenvalue weighted by Crippen LogP contribution is 2.35. The first-order valence-corrected chi connectivity index (χ1v) is 7.03. The average Bonchev–Trinajstić information content (AvgIpc) is 2.42. The van der Waals surface area contributed by atoms with E-state index in [0.717, 1.165) is 11.8 Å². The van der Waals surface area contributed by atoms with Gasteiger partial charge in [0, 0.05) is 19.9 Å². The molecule has 0 spiro atoms. The van der Waals surface area contributed by atoms with Crippen LogP contribution in [0, 0.1) is 0 Å². The molecule has 1 unspecified atom stereocenters. The molecule has 6 heteroatoms. The van der Waals surface area contributed by atoms with E-state index in [9.17, 15) is 9.59 Å². The van der Waals surface area contributed by atoms with Crippen molar-refractivity contribution in [3.05, 3.63) is 33.8 Å². The van der Waals surface area contributed by atoms with E-state index in [0.29, 0.717) is 29.7 Å². The molecule has 1 saturated heterocycles. The Morgan fingerprint density at radius 3 is 2.80 bits per heavy atom. The summed E-state index contributed by atoms with van der Waals surface area (Å²) in [5.41, 5.74) is -0.0927. The molecular formula is C14H15Cl2NO3. The zero-order valence-electron chi connectivity index (χ0n) is 11.1. The van der Waals surface area contributed by atoms with Crippen LogP contribution in [-0.2, 0) is 19.9 Å². The maximum Gasteiger partial charge on any atom is 0.219 e. The van der Waals surface area contributed by atoms with Crippen molar-refractivity contribution in [2.24, 2.45) is 0 Å². The first kappa shape index (κ1) is 15.3. The number of amides is 1. The molecule has 1 aromatic carbocycles. The highest BCUT2D eigenvalue weighted by atomic mass is 35.5. The minimum atomic E-state index is -0.847. The highest BCUT2D eigenvalue weighted by molar-refractivity contribution is 6.42. The number of carbonyl (C=O) groups excluding carboxylic acids is 2. The molecule has 1 amide bonds. The van der Waals surface area contributed by atoms with Crippen LogP contribution in [0.25, 0.3) is 0 Å².